The van der Waals surface area contributed by atoms with Gasteiger partial charge in [-0.2, -0.15) is 0 Å². The van der Waals surface area contributed by atoms with Gasteiger partial charge in [0.05, 0.1) is 0 Å². The summed E-state index contributed by atoms with van der Waals surface area (Å²) in [5.74, 6) is 1.08. The zero-order chi connectivity index (χ0) is 6.99. The Labute approximate surface area is 59.0 Å². The van der Waals surface area contributed by atoms with Gasteiger partial charge in [-0.25, -0.2) is 0 Å². The molecule has 1 rings (SSSR count). The van der Waals surface area contributed by atoms with E-state index in [0.29, 0.717) is 0 Å². The van der Waals surface area contributed by atoms with E-state index in [2.05, 4.69) is 6.92 Å². The molecule has 1 fully saturated rings. The van der Waals surface area contributed by atoms with Gasteiger partial charge in [0.1, 0.15) is 0 Å². The normalized spacial score (nSPS) is 13.0. The summed E-state index contributed by atoms with van der Waals surface area (Å²) in [7, 11) is 0. The summed E-state index contributed by atoms with van der Waals surface area (Å²) in [4.78, 5) is 0. The van der Waals surface area contributed by atoms with Crippen LogP contribution in [0.3, 0.4) is 0 Å². The number of rotatable bonds is 0. The summed E-state index contributed by atoms with van der Waals surface area (Å²) < 4.78 is 0. The first-order valence-electron chi connectivity index (χ1n) is 3.89. The van der Waals surface area contributed by atoms with Crippen LogP contribution in [0.1, 0.15) is 47.5 Å². The van der Waals surface area contributed by atoms with Crippen LogP contribution in [-0.2, 0) is 0 Å². The fourth-order valence-corrected chi connectivity index (χ4v) is 0.167. The molecular weight excluding hydrogens is 115 g/mol. The predicted octanol–water partition coefficient (Wildman–Crippen LogP) is 3.62. The molecule has 0 radical (unpaired) electrons. The molecule has 60 valence electrons. The van der Waals surface area contributed by atoms with Crippen LogP contribution >= 0.6 is 0 Å². The summed E-state index contributed by atoms with van der Waals surface area (Å²) in [6.45, 7) is 10.3. The molecule has 0 N–H and O–H groups in total. The van der Waals surface area contributed by atoms with Gasteiger partial charge in [-0.05, 0) is 5.92 Å². The van der Waals surface area contributed by atoms with Crippen molar-refractivity contribution >= 4 is 0 Å². The van der Waals surface area contributed by atoms with Crippen LogP contribution in [0.15, 0.2) is 0 Å². The summed E-state index contributed by atoms with van der Waals surface area (Å²) in [5, 5.41) is 0. The van der Waals surface area contributed by atoms with Crippen LogP contribution in [0, 0.1) is 5.92 Å². The Morgan fingerprint density at radius 2 is 1.00 bits per heavy atom. The monoisotopic (exact) mass is 136 g/mol. The summed E-state index contributed by atoms with van der Waals surface area (Å²) in [5.41, 5.74) is 0. The van der Waals surface area contributed by atoms with E-state index in [0.717, 1.165) is 5.92 Å². The highest BCUT2D eigenvalue weighted by Gasteiger charge is 2.12. The average molecular weight is 136 g/mol. The van der Waals surface area contributed by atoms with Crippen molar-refractivity contribution in [1.29, 1.82) is 0 Å². The molecule has 0 aromatic heterocycles. The van der Waals surface area contributed by atoms with Crippen LogP contribution in [0.25, 0.3) is 0 Å². The van der Waals surface area contributed by atoms with Gasteiger partial charge < -0.3 is 0 Å². The van der Waals surface area contributed by atoms with E-state index in [1.165, 1.54) is 12.8 Å². The van der Waals surface area contributed by atoms with Gasteiger partial charge in [0.25, 0.3) is 0 Å². The zero-order valence-corrected chi connectivity index (χ0v) is 7.40. The molecule has 0 atom stereocenters. The van der Waals surface area contributed by atoms with Crippen molar-refractivity contribution < 1.29 is 4.70 Å². The van der Waals surface area contributed by atoms with E-state index >= 15 is 0 Å². The molecule has 0 aliphatic heterocycles. The minimum atomic E-state index is 0. The van der Waals surface area contributed by atoms with E-state index in [1.807, 2.05) is 27.7 Å². The molecule has 0 spiro atoms. The quantitative estimate of drug-likeness (QED) is 0.477. The molecule has 0 heterocycles. The Morgan fingerprint density at radius 3 is 1.00 bits per heavy atom. The number of hydrogen-bond donors (Lipinski definition) is 0. The van der Waals surface area contributed by atoms with E-state index < -0.39 is 0 Å². The zero-order valence-electron chi connectivity index (χ0n) is 7.40. The maximum atomic E-state index is 2.28. The molecule has 1 aliphatic rings. The van der Waals surface area contributed by atoms with Gasteiger partial charge in [0.2, 0.25) is 0 Å². The Balaban J connectivity index is -0.0000000651. The molecule has 9 heavy (non-hydrogen) atoms. The van der Waals surface area contributed by atoms with Crippen molar-refractivity contribution in [2.45, 2.75) is 47.5 Å². The minimum Gasteiger partial charge on any atom is -0.269 e. The van der Waals surface area contributed by atoms with Crippen molar-refractivity contribution in [2.24, 2.45) is 5.92 Å². The van der Waals surface area contributed by atoms with Gasteiger partial charge in [0.15, 0.2) is 0 Å². The highest BCUT2D eigenvalue weighted by atomic mass is 19.0. The molecule has 0 saturated heterocycles. The summed E-state index contributed by atoms with van der Waals surface area (Å²) in [6.07, 6.45) is 2.97. The van der Waals surface area contributed by atoms with Crippen molar-refractivity contribution in [3.8, 4) is 0 Å². The Bertz CT molecular complexity index is 23.7. The van der Waals surface area contributed by atoms with Crippen LogP contribution in [0.2, 0.25) is 0 Å². The van der Waals surface area contributed by atoms with Gasteiger partial charge in [-0.3, -0.25) is 4.70 Å². The van der Waals surface area contributed by atoms with E-state index in [4.69, 9.17) is 0 Å². The third-order valence-corrected chi connectivity index (χ3v) is 0.866. The van der Waals surface area contributed by atoms with Crippen molar-refractivity contribution in [1.82, 2.24) is 0 Å². The van der Waals surface area contributed by atoms with Gasteiger partial charge in [0, 0.05) is 0 Å². The first-order valence-corrected chi connectivity index (χ1v) is 3.89. The van der Waals surface area contributed by atoms with Crippen molar-refractivity contribution in [2.75, 3.05) is 0 Å². The fraction of sp³-hybridized carbons (Fsp3) is 1.00. The first-order chi connectivity index (χ1) is 3.89. The van der Waals surface area contributed by atoms with Crippen LogP contribution in [-0.4, -0.2) is 0 Å². The molecule has 0 aromatic rings. The third kappa shape index (κ3) is 32.5. The molecule has 0 bridgehead atoms. The lowest BCUT2D eigenvalue weighted by Gasteiger charge is -1.53. The summed E-state index contributed by atoms with van der Waals surface area (Å²) in [6, 6.07) is 0. The second kappa shape index (κ2) is 15.7. The van der Waals surface area contributed by atoms with Gasteiger partial charge >= 0.3 is 0 Å². The molecule has 1 aliphatic carbocycles. The smallest absolute Gasteiger partial charge is 0.0443 e. The highest BCUT2D eigenvalue weighted by Crippen LogP contribution is 2.26. The minimum absolute atomic E-state index is 0. The SMILES string of the molecule is CC.CC.CC1CC1.F. The van der Waals surface area contributed by atoms with Crippen LogP contribution in [0.4, 0.5) is 4.70 Å². The predicted molar refractivity (Wildman–Crippen MR) is 43.6 cm³/mol. The molecule has 1 saturated carbocycles. The Kier molecular flexibility index (Phi) is 27.8. The molecule has 0 amide bonds. The number of halogens is 1. The van der Waals surface area contributed by atoms with E-state index in [9.17, 15) is 0 Å². The largest absolute Gasteiger partial charge is 0.269 e. The lowest BCUT2D eigenvalue weighted by Crippen LogP contribution is -1.42. The van der Waals surface area contributed by atoms with Crippen LogP contribution in [0.5, 0.6) is 0 Å². The molecular formula is C8H21F. The Morgan fingerprint density at radius 1 is 0.889 bits per heavy atom. The van der Waals surface area contributed by atoms with E-state index in [-0.39, 0.29) is 4.70 Å². The summed E-state index contributed by atoms with van der Waals surface area (Å²) >= 11 is 0. The fourth-order valence-electron chi connectivity index (χ4n) is 0.167. The van der Waals surface area contributed by atoms with Gasteiger partial charge in [-0.1, -0.05) is 47.5 Å². The third-order valence-electron chi connectivity index (χ3n) is 0.866. The van der Waals surface area contributed by atoms with Crippen molar-refractivity contribution in [3.63, 3.8) is 0 Å². The van der Waals surface area contributed by atoms with Gasteiger partial charge in [-0.15, -0.1) is 0 Å². The molecule has 0 nitrogen and oxygen atoms in total. The molecule has 0 unspecified atom stereocenters. The van der Waals surface area contributed by atoms with Crippen molar-refractivity contribution in [3.05, 3.63) is 0 Å². The Hall–Kier alpha value is -0.0700. The molecule has 1 heteroatoms. The topological polar surface area (TPSA) is 0 Å². The second-order valence-electron chi connectivity index (χ2n) is 1.68. The highest BCUT2D eigenvalue weighted by molar-refractivity contribution is 4.65. The average Bonchev–Trinajstić information content (AvgIpc) is 2.62. The molecule has 0 aromatic carbocycles. The standard InChI is InChI=1S/C4H8.2C2H6.FH/c1-4-2-3-4;2*1-2;/h4H,2-3H2,1H3;2*1-2H3;1H. The number of hydrogen-bond acceptors (Lipinski definition) is 0. The van der Waals surface area contributed by atoms with E-state index in [1.54, 1.807) is 0 Å². The maximum Gasteiger partial charge on any atom is -0.0443 e. The lowest BCUT2D eigenvalue weighted by molar-refractivity contribution is 0.983. The second-order valence-corrected chi connectivity index (χ2v) is 1.68. The van der Waals surface area contributed by atoms with Crippen LogP contribution < -0.4 is 0 Å². The first kappa shape index (κ1) is 16.0. The maximum absolute atomic E-state index is 2.28. The lowest BCUT2D eigenvalue weighted by atomic mass is 10.5.